The normalized spacial score (nSPS) is 13.4. The number of carbonyl (C=O) groups is 1. The predicted molar refractivity (Wildman–Crippen MR) is 108 cm³/mol. The molecule has 2 amide bonds. The van der Waals surface area contributed by atoms with Gasteiger partial charge in [-0.2, -0.15) is 6.41 Å². The second kappa shape index (κ2) is 10.9. The van der Waals surface area contributed by atoms with Gasteiger partial charge in [-0.3, -0.25) is 4.79 Å². The van der Waals surface area contributed by atoms with Crippen molar-refractivity contribution in [1.82, 2.24) is 0 Å². The third-order valence-corrected chi connectivity index (χ3v) is 4.76. The van der Waals surface area contributed by atoms with Crippen molar-refractivity contribution in [2.24, 2.45) is 11.1 Å². The molecule has 0 unspecified atom stereocenters. The fraction of sp³-hybridized carbons (Fsp3) is 0.273. The van der Waals surface area contributed by atoms with Gasteiger partial charge in [-0.25, -0.2) is 0 Å². The Labute approximate surface area is 205 Å². The number of fused-ring (bicyclic) bond motifs is 2. The average Bonchev–Trinajstić information content (AvgIpc) is 2.64. The van der Waals surface area contributed by atoms with Crippen molar-refractivity contribution >= 4 is 30.2 Å². The molecule has 27 heavy (non-hydrogen) atoms. The van der Waals surface area contributed by atoms with E-state index in [1.54, 1.807) is 0 Å². The van der Waals surface area contributed by atoms with E-state index in [2.05, 4.69) is 43.0 Å². The zero-order valence-corrected chi connectivity index (χ0v) is 19.7. The van der Waals surface area contributed by atoms with Gasteiger partial charge in [-0.15, -0.1) is 0 Å². The summed E-state index contributed by atoms with van der Waals surface area (Å²) in [5, 5.41) is 0. The van der Waals surface area contributed by atoms with Crippen LogP contribution in [0.3, 0.4) is 0 Å². The van der Waals surface area contributed by atoms with Crippen molar-refractivity contribution in [2.75, 3.05) is 4.90 Å². The van der Waals surface area contributed by atoms with Crippen LogP contribution in [0.25, 0.3) is 12.2 Å². The maximum absolute atomic E-state index is 13.2. The maximum Gasteiger partial charge on any atom is 1.00 e. The molecule has 0 saturated heterocycles. The molecular weight excluding hydrogens is 363 g/mol. The maximum atomic E-state index is 13.2. The third-order valence-electron chi connectivity index (χ3n) is 4.76. The smallest absolute Gasteiger partial charge is 1.00 e. The number of para-hydroxylation sites is 1. The number of rotatable bonds is 2. The predicted octanol–water partition coefficient (Wildman–Crippen LogP) is 1.27. The third kappa shape index (κ3) is 5.86. The topological polar surface area (TPSA) is 63.4 Å². The molecule has 0 atom stereocenters. The number of anilines is 1. The van der Waals surface area contributed by atoms with Gasteiger partial charge >= 0.3 is 51.4 Å². The van der Waals surface area contributed by atoms with Crippen LogP contribution in [0.5, 0.6) is 0 Å². The monoisotopic (exact) mass is 389 g/mol. The molecule has 0 saturated carbocycles. The number of nitrogens with two attached hydrogens (primary N) is 1. The van der Waals surface area contributed by atoms with Crippen LogP contribution < -0.4 is 62.0 Å². The second-order valence-electron chi connectivity index (χ2n) is 6.84. The molecule has 4 nitrogen and oxygen atoms in total. The number of hydrogen-bond donors (Lipinski definition) is 1. The van der Waals surface area contributed by atoms with Gasteiger partial charge in [0.25, 0.3) is 0 Å². The van der Waals surface area contributed by atoms with E-state index in [1.807, 2.05) is 49.1 Å². The molecule has 2 aromatic rings. The Kier molecular flexibility index (Phi) is 9.63. The first-order valence-corrected chi connectivity index (χ1v) is 8.69. The van der Waals surface area contributed by atoms with Gasteiger partial charge < -0.3 is 16.9 Å². The molecule has 0 aromatic heterocycles. The number of benzene rings is 2. The van der Waals surface area contributed by atoms with Crippen molar-refractivity contribution in [3.63, 3.8) is 0 Å². The zero-order chi connectivity index (χ0) is 19.2. The van der Waals surface area contributed by atoms with Crippen LogP contribution in [-0.2, 0) is 16.1 Å². The molecule has 0 bridgehead atoms. The number of amides is 2. The van der Waals surface area contributed by atoms with E-state index in [0.717, 1.165) is 24.1 Å². The molecule has 2 N–H and O–H groups in total. The summed E-state index contributed by atoms with van der Waals surface area (Å²) in [6, 6.07) is 16.4. The van der Waals surface area contributed by atoms with E-state index in [1.165, 1.54) is 11.1 Å². The molecular formula is C22H26KN2O2-. The quantitative estimate of drug-likeness (QED) is 0.478. The van der Waals surface area contributed by atoms with Gasteiger partial charge in [0.1, 0.15) is 0 Å². The van der Waals surface area contributed by atoms with E-state index in [-0.39, 0.29) is 64.1 Å². The summed E-state index contributed by atoms with van der Waals surface area (Å²) in [5.41, 5.74) is 8.10. The van der Waals surface area contributed by atoms with Gasteiger partial charge in [-0.1, -0.05) is 75.4 Å². The Balaban J connectivity index is 0.00000137. The standard InChI is InChI=1S/C21H23NO.CH2NO.K.H/c1-4-21(2,3)20(23)22-15-18-11-6-5-9-16(18)13-14-17-10-7-8-12-19(17)22;2-1-3;;/h5-14H,4,15H2,1-3H3;(H2,2,3);;/q;-1;+1;-1/b14-13-;;;. The summed E-state index contributed by atoms with van der Waals surface area (Å²) in [6.45, 7) is 6.73. The first-order chi connectivity index (χ1) is 12.4. The molecule has 3 rings (SSSR count). The average molecular weight is 390 g/mol. The Bertz CT molecular complexity index is 822. The summed E-state index contributed by atoms with van der Waals surface area (Å²) < 4.78 is 0. The van der Waals surface area contributed by atoms with Crippen LogP contribution in [0.2, 0.25) is 0 Å². The first kappa shape index (κ1) is 23.8. The van der Waals surface area contributed by atoms with E-state index in [9.17, 15) is 4.79 Å². The molecule has 138 valence electrons. The Morgan fingerprint density at radius 3 is 2.26 bits per heavy atom. The minimum Gasteiger partial charge on any atom is -1.00 e. The minimum atomic E-state index is -0.370. The molecule has 1 heterocycles. The van der Waals surface area contributed by atoms with E-state index in [4.69, 9.17) is 4.79 Å². The van der Waals surface area contributed by atoms with Gasteiger partial charge in [0, 0.05) is 5.41 Å². The van der Waals surface area contributed by atoms with E-state index < -0.39 is 0 Å². The Morgan fingerprint density at radius 2 is 1.63 bits per heavy atom. The first-order valence-electron chi connectivity index (χ1n) is 8.69. The summed E-state index contributed by atoms with van der Waals surface area (Å²) in [7, 11) is 0. The molecule has 1 aliphatic rings. The van der Waals surface area contributed by atoms with Crippen LogP contribution in [0.15, 0.2) is 48.5 Å². The largest absolute Gasteiger partial charge is 1.00 e. The SMILES string of the molecule is CCC(C)(C)C(=O)N1Cc2ccccc2/C=C\c2ccccc21.N[C-]=O.[H-].[K+]. The van der Waals surface area contributed by atoms with Crippen LogP contribution in [0.4, 0.5) is 5.69 Å². The van der Waals surface area contributed by atoms with Gasteiger partial charge in [0.15, 0.2) is 0 Å². The van der Waals surface area contributed by atoms with E-state index >= 15 is 0 Å². The summed E-state index contributed by atoms with van der Waals surface area (Å²) in [5.74, 6) is 0.178. The van der Waals surface area contributed by atoms with Crippen molar-refractivity contribution in [3.8, 4) is 0 Å². The van der Waals surface area contributed by atoms with Crippen molar-refractivity contribution < 1.29 is 62.4 Å². The number of primary amides is 1. The fourth-order valence-corrected chi connectivity index (χ4v) is 2.85. The number of carbonyl (C=O) groups excluding carboxylic acids is 2. The summed E-state index contributed by atoms with van der Waals surface area (Å²) >= 11 is 0. The van der Waals surface area contributed by atoms with Crippen molar-refractivity contribution in [2.45, 2.75) is 33.7 Å². The molecule has 0 aliphatic carbocycles. The summed E-state index contributed by atoms with van der Waals surface area (Å²) in [4.78, 5) is 23.6. The van der Waals surface area contributed by atoms with Crippen molar-refractivity contribution in [1.29, 1.82) is 0 Å². The molecule has 0 spiro atoms. The van der Waals surface area contributed by atoms with E-state index in [0.29, 0.717) is 6.54 Å². The molecule has 1 aliphatic heterocycles. The Hall–Kier alpha value is -1.24. The van der Waals surface area contributed by atoms with Crippen LogP contribution in [0.1, 0.15) is 45.3 Å². The van der Waals surface area contributed by atoms with Crippen LogP contribution >= 0.6 is 0 Å². The minimum absolute atomic E-state index is 0. The van der Waals surface area contributed by atoms with Crippen LogP contribution in [-0.4, -0.2) is 12.3 Å². The van der Waals surface area contributed by atoms with Gasteiger partial charge in [0.2, 0.25) is 5.91 Å². The summed E-state index contributed by atoms with van der Waals surface area (Å²) in [6.07, 6.45) is 6.06. The number of hydrogen-bond acceptors (Lipinski definition) is 2. The van der Waals surface area contributed by atoms with Gasteiger partial charge in [0.05, 0.1) is 12.2 Å². The van der Waals surface area contributed by atoms with Crippen LogP contribution in [0, 0.1) is 5.41 Å². The molecule has 2 aromatic carbocycles. The van der Waals surface area contributed by atoms with Gasteiger partial charge in [-0.05, 0) is 29.2 Å². The Morgan fingerprint density at radius 1 is 1.11 bits per heavy atom. The number of nitrogens with zero attached hydrogens (tertiary/aromatic N) is 1. The molecule has 0 fully saturated rings. The van der Waals surface area contributed by atoms with Crippen molar-refractivity contribution in [3.05, 3.63) is 65.2 Å². The zero-order valence-electron chi connectivity index (χ0n) is 17.5. The fourth-order valence-electron chi connectivity index (χ4n) is 2.85. The molecule has 0 radical (unpaired) electrons. The second-order valence-corrected chi connectivity index (χ2v) is 6.84. The molecule has 5 heteroatoms.